The second-order valence-electron chi connectivity index (χ2n) is 4.94. The minimum absolute atomic E-state index is 0.0698. The normalized spacial score (nSPS) is 11.1. The van der Waals surface area contributed by atoms with Crippen LogP contribution in [0.15, 0.2) is 6.07 Å². The van der Waals surface area contributed by atoms with Gasteiger partial charge in [0.05, 0.1) is 27.0 Å². The predicted molar refractivity (Wildman–Crippen MR) is 83.8 cm³/mol. The third kappa shape index (κ3) is 3.63. The molecular weight excluding hydrogens is 315 g/mol. The highest BCUT2D eigenvalue weighted by atomic mass is 35.5. The van der Waals surface area contributed by atoms with E-state index < -0.39 is 11.9 Å². The van der Waals surface area contributed by atoms with Gasteiger partial charge in [0.1, 0.15) is 11.3 Å². The number of thiazole rings is 1. The lowest BCUT2D eigenvalue weighted by atomic mass is 10.1. The van der Waals surface area contributed by atoms with E-state index in [-0.39, 0.29) is 17.3 Å². The van der Waals surface area contributed by atoms with E-state index in [1.54, 1.807) is 6.92 Å². The molecule has 0 saturated carbocycles. The Kier molecular flexibility index (Phi) is 5.00. The summed E-state index contributed by atoms with van der Waals surface area (Å²) in [6.45, 7) is 6.05. The average Bonchev–Trinajstić information content (AvgIpc) is 2.78. The topological polar surface area (TPSA) is 51.2 Å². The Hall–Kier alpha value is -1.40. The van der Waals surface area contributed by atoms with Crippen LogP contribution in [0.1, 0.15) is 25.8 Å². The minimum atomic E-state index is -0.696. The molecule has 114 valence electrons. The van der Waals surface area contributed by atoms with Crippen LogP contribution in [0, 0.1) is 11.7 Å². The van der Waals surface area contributed by atoms with Crippen LogP contribution in [0.25, 0.3) is 10.2 Å². The fraction of sp³-hybridized carbons (Fsp3) is 0.429. The molecule has 0 bridgehead atoms. The Labute approximate surface area is 131 Å². The molecule has 2 aromatic rings. The third-order valence-electron chi connectivity index (χ3n) is 2.70. The molecule has 0 aliphatic carbocycles. The summed E-state index contributed by atoms with van der Waals surface area (Å²) in [6.07, 6.45) is 0.0784. The molecule has 1 amide bonds. The maximum absolute atomic E-state index is 14.1. The molecule has 0 unspecified atom stereocenters. The number of aromatic nitrogens is 1. The fourth-order valence-electron chi connectivity index (χ4n) is 1.88. The van der Waals surface area contributed by atoms with Crippen molar-refractivity contribution in [3.05, 3.63) is 21.9 Å². The second-order valence-corrected chi connectivity index (χ2v) is 6.43. The van der Waals surface area contributed by atoms with Crippen molar-refractivity contribution in [2.45, 2.75) is 27.2 Å². The van der Waals surface area contributed by atoms with Crippen LogP contribution in [-0.4, -0.2) is 17.7 Å². The average molecular weight is 331 g/mol. The lowest BCUT2D eigenvalue weighted by Crippen LogP contribution is -2.14. The molecule has 2 rings (SSSR count). The number of amides is 1. The first-order valence-electron chi connectivity index (χ1n) is 6.63. The van der Waals surface area contributed by atoms with Crippen molar-refractivity contribution in [2.75, 3.05) is 11.9 Å². The number of benzene rings is 1. The monoisotopic (exact) mass is 330 g/mol. The molecule has 0 atom stereocenters. The highest BCUT2D eigenvalue weighted by molar-refractivity contribution is 7.19. The van der Waals surface area contributed by atoms with Gasteiger partial charge in [-0.05, 0) is 18.9 Å². The van der Waals surface area contributed by atoms with E-state index in [4.69, 9.17) is 16.3 Å². The Bertz CT molecular complexity index is 673. The quantitative estimate of drug-likeness (QED) is 0.871. The molecule has 0 saturated heterocycles. The van der Waals surface area contributed by atoms with Crippen molar-refractivity contribution >= 4 is 44.9 Å². The number of nitrogens with zero attached hydrogens (tertiary/aromatic N) is 1. The molecule has 1 heterocycles. The fourth-order valence-corrected chi connectivity index (χ4v) is 3.46. The van der Waals surface area contributed by atoms with Gasteiger partial charge in [0.2, 0.25) is 0 Å². The van der Waals surface area contributed by atoms with Crippen LogP contribution in [0.3, 0.4) is 0 Å². The molecule has 0 aliphatic rings. The van der Waals surface area contributed by atoms with Gasteiger partial charge in [0.15, 0.2) is 0 Å². The smallest absolute Gasteiger partial charge is 0.411 e. The molecule has 1 aromatic heterocycles. The zero-order valence-corrected chi connectivity index (χ0v) is 13.6. The predicted octanol–water partition coefficient (Wildman–Crippen LogP) is 4.86. The van der Waals surface area contributed by atoms with E-state index >= 15 is 0 Å². The molecule has 0 spiro atoms. The van der Waals surface area contributed by atoms with E-state index in [9.17, 15) is 9.18 Å². The third-order valence-corrected chi connectivity index (χ3v) is 4.09. The van der Waals surface area contributed by atoms with Gasteiger partial charge in [-0.25, -0.2) is 14.2 Å². The van der Waals surface area contributed by atoms with Crippen molar-refractivity contribution in [1.82, 2.24) is 4.98 Å². The Balaban J connectivity index is 2.47. The standard InChI is InChI=1S/C14H16ClFN2O2S/c1-4-20-14(19)18-12-9(16)6-8(15)11-13(12)21-10(17-11)5-7(2)3/h6-7H,4-5H2,1-3H3,(H,18,19). The molecule has 7 heteroatoms. The Morgan fingerprint density at radius 1 is 1.57 bits per heavy atom. The maximum Gasteiger partial charge on any atom is 0.411 e. The zero-order chi connectivity index (χ0) is 15.6. The number of hydrogen-bond donors (Lipinski definition) is 1. The number of anilines is 1. The second kappa shape index (κ2) is 6.58. The van der Waals surface area contributed by atoms with Crippen LogP contribution < -0.4 is 5.32 Å². The van der Waals surface area contributed by atoms with Crippen molar-refractivity contribution in [1.29, 1.82) is 0 Å². The van der Waals surface area contributed by atoms with Crippen LogP contribution in [0.4, 0.5) is 14.9 Å². The molecule has 1 N–H and O–H groups in total. The van der Waals surface area contributed by atoms with Gasteiger partial charge in [-0.2, -0.15) is 0 Å². The summed E-state index contributed by atoms with van der Waals surface area (Å²) in [6, 6.07) is 1.16. The highest BCUT2D eigenvalue weighted by Crippen LogP contribution is 2.37. The van der Waals surface area contributed by atoms with E-state index in [0.717, 1.165) is 17.5 Å². The zero-order valence-electron chi connectivity index (χ0n) is 12.0. The van der Waals surface area contributed by atoms with Gasteiger partial charge in [0.25, 0.3) is 0 Å². The lowest BCUT2D eigenvalue weighted by Gasteiger charge is -2.07. The largest absolute Gasteiger partial charge is 0.450 e. The van der Waals surface area contributed by atoms with Gasteiger partial charge in [-0.3, -0.25) is 5.32 Å². The first-order chi connectivity index (χ1) is 9.92. The lowest BCUT2D eigenvalue weighted by molar-refractivity contribution is 0.168. The van der Waals surface area contributed by atoms with Crippen LogP contribution in [0.5, 0.6) is 0 Å². The number of halogens is 2. The number of carbonyl (C=O) groups is 1. The van der Waals surface area contributed by atoms with Gasteiger partial charge in [-0.15, -0.1) is 11.3 Å². The van der Waals surface area contributed by atoms with E-state index in [2.05, 4.69) is 24.1 Å². The SMILES string of the molecule is CCOC(=O)Nc1c(F)cc(Cl)c2nc(CC(C)C)sc12. The molecular formula is C14H16ClFN2O2S. The number of fused-ring (bicyclic) bond motifs is 1. The van der Waals surface area contributed by atoms with Crippen LogP contribution >= 0.6 is 22.9 Å². The molecule has 0 radical (unpaired) electrons. The summed E-state index contributed by atoms with van der Waals surface area (Å²) in [5.74, 6) is -0.170. The van der Waals surface area contributed by atoms with Crippen molar-refractivity contribution in [3.8, 4) is 0 Å². The van der Waals surface area contributed by atoms with Gasteiger partial charge >= 0.3 is 6.09 Å². The molecule has 0 fully saturated rings. The van der Waals surface area contributed by atoms with Gasteiger partial charge in [0, 0.05) is 6.42 Å². The number of hydrogen-bond acceptors (Lipinski definition) is 4. The summed E-state index contributed by atoms with van der Waals surface area (Å²) in [5.41, 5.74) is 0.575. The molecule has 0 aliphatic heterocycles. The summed E-state index contributed by atoms with van der Waals surface area (Å²) >= 11 is 7.38. The van der Waals surface area contributed by atoms with E-state index in [1.165, 1.54) is 11.3 Å². The van der Waals surface area contributed by atoms with E-state index in [1.807, 2.05) is 0 Å². The van der Waals surface area contributed by atoms with Gasteiger partial charge < -0.3 is 4.74 Å². The van der Waals surface area contributed by atoms with Crippen LogP contribution in [-0.2, 0) is 11.2 Å². The molecule has 21 heavy (non-hydrogen) atoms. The van der Waals surface area contributed by atoms with Gasteiger partial charge in [-0.1, -0.05) is 25.4 Å². The van der Waals surface area contributed by atoms with Crippen molar-refractivity contribution in [2.24, 2.45) is 5.92 Å². The Morgan fingerprint density at radius 3 is 2.90 bits per heavy atom. The maximum atomic E-state index is 14.1. The summed E-state index contributed by atoms with van der Waals surface area (Å²) in [7, 11) is 0. The van der Waals surface area contributed by atoms with Crippen molar-refractivity contribution in [3.63, 3.8) is 0 Å². The first-order valence-corrected chi connectivity index (χ1v) is 7.83. The molecule has 1 aromatic carbocycles. The number of rotatable bonds is 4. The van der Waals surface area contributed by atoms with E-state index in [0.29, 0.717) is 16.1 Å². The van der Waals surface area contributed by atoms with Crippen LogP contribution in [0.2, 0.25) is 5.02 Å². The minimum Gasteiger partial charge on any atom is -0.450 e. The summed E-state index contributed by atoms with van der Waals surface area (Å²) < 4.78 is 19.4. The highest BCUT2D eigenvalue weighted by Gasteiger charge is 2.18. The molecule has 4 nitrogen and oxygen atoms in total. The summed E-state index contributed by atoms with van der Waals surface area (Å²) in [4.78, 5) is 16.0. The number of nitrogens with one attached hydrogen (secondary N) is 1. The summed E-state index contributed by atoms with van der Waals surface area (Å²) in [5, 5.41) is 3.52. The van der Waals surface area contributed by atoms with Crippen molar-refractivity contribution < 1.29 is 13.9 Å². The Morgan fingerprint density at radius 2 is 2.29 bits per heavy atom. The number of ether oxygens (including phenoxy) is 1. The number of carbonyl (C=O) groups excluding carboxylic acids is 1. The first kappa shape index (κ1) is 16.0.